The van der Waals surface area contributed by atoms with Gasteiger partial charge in [0.05, 0.1) is 11.8 Å². The number of rotatable bonds is 2. The average molecular weight is 274 g/mol. The van der Waals surface area contributed by atoms with Crippen LogP contribution in [-0.2, 0) is 0 Å². The maximum atomic E-state index is 10.6. The molecule has 0 aliphatic heterocycles. The van der Waals surface area contributed by atoms with Crippen LogP contribution in [0.2, 0.25) is 0 Å². The van der Waals surface area contributed by atoms with Crippen molar-refractivity contribution in [2.24, 2.45) is 0 Å². The van der Waals surface area contributed by atoms with Gasteiger partial charge in [0, 0.05) is 11.6 Å². The number of thiazole rings is 1. The predicted octanol–water partition coefficient (Wildman–Crippen LogP) is 1.79. The Balaban J connectivity index is 2.38. The normalized spacial score (nSPS) is 10.4. The van der Waals surface area contributed by atoms with Crippen molar-refractivity contribution in [3.63, 3.8) is 0 Å². The number of hydrogen-bond acceptors (Lipinski definition) is 4. The van der Waals surface area contributed by atoms with Crippen LogP contribution in [0.1, 0.15) is 10.4 Å². The van der Waals surface area contributed by atoms with Gasteiger partial charge in [0.15, 0.2) is 0 Å². The van der Waals surface area contributed by atoms with Gasteiger partial charge in [-0.25, -0.2) is 14.5 Å². The molecular formula is C7H4BrN3O2S. The minimum absolute atomic E-state index is 0.149. The minimum atomic E-state index is -0.994. The van der Waals surface area contributed by atoms with Crippen LogP contribution in [-0.4, -0.2) is 25.8 Å². The van der Waals surface area contributed by atoms with E-state index in [1.54, 1.807) is 5.38 Å². The molecule has 7 heteroatoms. The Bertz CT molecular complexity index is 479. The predicted molar refractivity (Wildman–Crippen MR) is 53.9 cm³/mol. The van der Waals surface area contributed by atoms with Crippen LogP contribution in [0.3, 0.4) is 0 Å². The molecule has 2 aromatic heterocycles. The third-order valence-corrected chi connectivity index (χ3v) is 3.03. The minimum Gasteiger partial charge on any atom is -0.478 e. The van der Waals surface area contributed by atoms with Gasteiger partial charge in [0.25, 0.3) is 0 Å². The summed E-state index contributed by atoms with van der Waals surface area (Å²) < 4.78 is 2.14. The van der Waals surface area contributed by atoms with E-state index in [-0.39, 0.29) is 5.56 Å². The van der Waals surface area contributed by atoms with Crippen LogP contribution in [0.15, 0.2) is 22.4 Å². The summed E-state index contributed by atoms with van der Waals surface area (Å²) in [6.45, 7) is 0. The Hall–Kier alpha value is -1.21. The standard InChI is InChI=1S/C7H4BrN3O2S/c8-5-3-14-7(10-5)11-2-4(1-9-11)6(12)13/h1-3H,(H,12,13). The number of aromatic nitrogens is 3. The fraction of sp³-hybridized carbons (Fsp3) is 0. The smallest absolute Gasteiger partial charge is 0.338 e. The van der Waals surface area contributed by atoms with Gasteiger partial charge in [-0.1, -0.05) is 0 Å². The fourth-order valence-electron chi connectivity index (χ4n) is 0.888. The molecule has 5 nitrogen and oxygen atoms in total. The van der Waals surface area contributed by atoms with Gasteiger partial charge in [-0.05, 0) is 15.9 Å². The summed E-state index contributed by atoms with van der Waals surface area (Å²) >= 11 is 4.58. The molecule has 0 atom stereocenters. The Morgan fingerprint density at radius 2 is 2.43 bits per heavy atom. The third-order valence-electron chi connectivity index (χ3n) is 1.49. The SMILES string of the molecule is O=C(O)c1cnn(-c2nc(Br)cs2)c1. The summed E-state index contributed by atoms with van der Waals surface area (Å²) in [6.07, 6.45) is 2.71. The van der Waals surface area contributed by atoms with Crippen molar-refractivity contribution >= 4 is 33.2 Å². The van der Waals surface area contributed by atoms with Crippen molar-refractivity contribution in [3.05, 3.63) is 27.9 Å². The van der Waals surface area contributed by atoms with Crippen LogP contribution in [0.25, 0.3) is 5.13 Å². The lowest BCUT2D eigenvalue weighted by atomic mass is 10.4. The third kappa shape index (κ3) is 1.68. The zero-order valence-corrected chi connectivity index (χ0v) is 9.12. The summed E-state index contributed by atoms with van der Waals surface area (Å²) in [4.78, 5) is 14.7. The van der Waals surface area contributed by atoms with Crippen LogP contribution >= 0.6 is 27.3 Å². The highest BCUT2D eigenvalue weighted by molar-refractivity contribution is 9.10. The van der Waals surface area contributed by atoms with E-state index in [2.05, 4.69) is 26.0 Å². The van der Waals surface area contributed by atoms with Gasteiger partial charge in [-0.2, -0.15) is 5.10 Å². The molecule has 0 aliphatic carbocycles. The van der Waals surface area contributed by atoms with E-state index >= 15 is 0 Å². The second-order valence-electron chi connectivity index (χ2n) is 2.43. The zero-order valence-electron chi connectivity index (χ0n) is 6.72. The van der Waals surface area contributed by atoms with E-state index in [1.807, 2.05) is 0 Å². The Labute approximate surface area is 91.1 Å². The van der Waals surface area contributed by atoms with E-state index < -0.39 is 5.97 Å². The summed E-state index contributed by atoms with van der Waals surface area (Å²) in [5, 5.41) is 15.0. The molecule has 1 N–H and O–H groups in total. The molecule has 0 amide bonds. The fourth-order valence-corrected chi connectivity index (χ4v) is 2.07. The molecule has 2 aromatic rings. The monoisotopic (exact) mass is 273 g/mol. The number of aromatic carboxylic acids is 1. The molecule has 2 heterocycles. The highest BCUT2D eigenvalue weighted by Crippen LogP contribution is 2.18. The van der Waals surface area contributed by atoms with Gasteiger partial charge in [-0.3, -0.25) is 0 Å². The molecule has 0 fully saturated rings. The lowest BCUT2D eigenvalue weighted by molar-refractivity contribution is 0.0697. The van der Waals surface area contributed by atoms with Crippen LogP contribution in [0.4, 0.5) is 0 Å². The number of carboxylic acid groups (broad SMARTS) is 1. The first kappa shape index (κ1) is 9.35. The first-order valence-corrected chi connectivity index (χ1v) is 5.23. The number of carbonyl (C=O) groups is 1. The van der Waals surface area contributed by atoms with E-state index in [0.29, 0.717) is 9.73 Å². The molecule has 14 heavy (non-hydrogen) atoms. The quantitative estimate of drug-likeness (QED) is 0.906. The van der Waals surface area contributed by atoms with Gasteiger partial charge >= 0.3 is 5.97 Å². The molecule has 0 radical (unpaired) electrons. The molecule has 0 spiro atoms. The molecule has 0 saturated heterocycles. The van der Waals surface area contributed by atoms with Gasteiger partial charge in [-0.15, -0.1) is 11.3 Å². The maximum absolute atomic E-state index is 10.6. The largest absolute Gasteiger partial charge is 0.478 e. The van der Waals surface area contributed by atoms with Crippen molar-refractivity contribution < 1.29 is 9.90 Å². The topological polar surface area (TPSA) is 68.0 Å². The van der Waals surface area contributed by atoms with Crippen molar-refractivity contribution in [3.8, 4) is 5.13 Å². The highest BCUT2D eigenvalue weighted by atomic mass is 79.9. The Kier molecular flexibility index (Phi) is 2.34. The van der Waals surface area contributed by atoms with E-state index in [4.69, 9.17) is 5.11 Å². The molecule has 0 bridgehead atoms. The molecule has 0 aromatic carbocycles. The number of nitrogens with zero attached hydrogens (tertiary/aromatic N) is 3. The van der Waals surface area contributed by atoms with Crippen LogP contribution in [0, 0.1) is 0 Å². The molecule has 72 valence electrons. The summed E-state index contributed by atoms with van der Waals surface area (Å²) in [6, 6.07) is 0. The Morgan fingerprint density at radius 1 is 1.64 bits per heavy atom. The first-order chi connectivity index (χ1) is 6.66. The average Bonchev–Trinajstić information content (AvgIpc) is 2.70. The van der Waals surface area contributed by atoms with Crippen LogP contribution in [0.5, 0.6) is 0 Å². The van der Waals surface area contributed by atoms with E-state index in [0.717, 1.165) is 0 Å². The molecule has 0 saturated carbocycles. The first-order valence-electron chi connectivity index (χ1n) is 3.56. The summed E-state index contributed by atoms with van der Waals surface area (Å²) in [7, 11) is 0. The molecule has 0 aliphatic rings. The van der Waals surface area contributed by atoms with Gasteiger partial charge in [0.1, 0.15) is 4.60 Å². The van der Waals surface area contributed by atoms with E-state index in [9.17, 15) is 4.79 Å². The van der Waals surface area contributed by atoms with E-state index in [1.165, 1.54) is 28.4 Å². The van der Waals surface area contributed by atoms with Crippen molar-refractivity contribution in [1.82, 2.24) is 14.8 Å². The lowest BCUT2D eigenvalue weighted by Gasteiger charge is -1.91. The molecule has 2 rings (SSSR count). The number of hydrogen-bond donors (Lipinski definition) is 1. The highest BCUT2D eigenvalue weighted by Gasteiger charge is 2.08. The Morgan fingerprint density at radius 3 is 2.93 bits per heavy atom. The van der Waals surface area contributed by atoms with Crippen molar-refractivity contribution in [2.45, 2.75) is 0 Å². The zero-order chi connectivity index (χ0) is 10.1. The van der Waals surface area contributed by atoms with Crippen LogP contribution < -0.4 is 0 Å². The molecular weight excluding hydrogens is 270 g/mol. The maximum Gasteiger partial charge on any atom is 0.338 e. The summed E-state index contributed by atoms with van der Waals surface area (Å²) in [5.74, 6) is -0.994. The lowest BCUT2D eigenvalue weighted by Crippen LogP contribution is -1.94. The summed E-state index contributed by atoms with van der Waals surface area (Å²) in [5.41, 5.74) is 0.149. The van der Waals surface area contributed by atoms with Gasteiger partial charge < -0.3 is 5.11 Å². The number of halogens is 1. The molecule has 0 unspecified atom stereocenters. The second kappa shape index (κ2) is 3.50. The second-order valence-corrected chi connectivity index (χ2v) is 4.08. The van der Waals surface area contributed by atoms with Gasteiger partial charge in [0.2, 0.25) is 5.13 Å². The van der Waals surface area contributed by atoms with Crippen molar-refractivity contribution in [1.29, 1.82) is 0 Å². The number of carboxylic acids is 1. The van der Waals surface area contributed by atoms with Crippen molar-refractivity contribution in [2.75, 3.05) is 0 Å².